The number of hydrogen-bond donors (Lipinski definition) is 4. The molecule has 0 aromatic rings. The third-order valence-corrected chi connectivity index (χ3v) is 14.8. The minimum absolute atomic E-state index is 0.0286. The van der Waals surface area contributed by atoms with Gasteiger partial charge in [0.15, 0.2) is 0 Å². The van der Waals surface area contributed by atoms with E-state index in [-0.39, 0.29) is 23.9 Å². The maximum absolute atomic E-state index is 11.9. The molecular weight excluding hydrogens is 661 g/mol. The lowest BCUT2D eigenvalue weighted by Crippen LogP contribution is -2.36. The molecule has 10 nitrogen and oxygen atoms in total. The van der Waals surface area contributed by atoms with Crippen molar-refractivity contribution in [3.63, 3.8) is 0 Å². The highest BCUT2D eigenvalue weighted by molar-refractivity contribution is 9.26. The monoisotopic (exact) mass is 720 g/mol. The van der Waals surface area contributed by atoms with Gasteiger partial charge in [-0.3, -0.25) is 9.59 Å². The number of hydrogen-bond acceptors (Lipinski definition) is 8. The van der Waals surface area contributed by atoms with E-state index in [9.17, 15) is 19.2 Å². The first-order valence-corrected chi connectivity index (χ1v) is 22.9. The van der Waals surface area contributed by atoms with Crippen LogP contribution in [0.2, 0.25) is 0 Å². The number of carbonyl (C=O) groups is 4. The first-order valence-electron chi connectivity index (χ1n) is 17.7. The van der Waals surface area contributed by atoms with Gasteiger partial charge in [0.1, 0.15) is 0 Å². The molecule has 0 radical (unpaired) electrons. The van der Waals surface area contributed by atoms with Crippen molar-refractivity contribution in [2.24, 2.45) is 0 Å². The highest BCUT2D eigenvalue weighted by atomic mass is 33.7. The molecule has 2 heterocycles. The molecular formula is C32H60N6O4S4. The molecule has 0 spiro atoms. The van der Waals surface area contributed by atoms with Crippen LogP contribution in [0.1, 0.15) is 116 Å². The van der Waals surface area contributed by atoms with Gasteiger partial charge in [0, 0.05) is 76.7 Å². The number of rotatable bonds is 31. The maximum Gasteiger partial charge on any atom is 0.317 e. The minimum Gasteiger partial charge on any atom is -0.354 e. The Balaban J connectivity index is 1.17. The highest BCUT2D eigenvalue weighted by Crippen LogP contribution is 2.43. The zero-order chi connectivity index (χ0) is 32.9. The lowest BCUT2D eigenvalue weighted by molar-refractivity contribution is -0.122. The molecule has 266 valence electrons. The summed E-state index contributed by atoms with van der Waals surface area (Å²) < 4.78 is 0. The average molecular weight is 721 g/mol. The topological polar surface area (TPSA) is 123 Å². The molecule has 2 saturated heterocycles. The summed E-state index contributed by atoms with van der Waals surface area (Å²) in [5.41, 5.74) is 0. The third-order valence-electron chi connectivity index (χ3n) is 8.19. The molecule has 2 rings (SSSR count). The fourth-order valence-corrected chi connectivity index (χ4v) is 11.7. The number of amides is 6. The second kappa shape index (κ2) is 28.9. The van der Waals surface area contributed by atoms with Crippen LogP contribution < -0.4 is 21.3 Å². The Labute approximate surface area is 293 Å². The van der Waals surface area contributed by atoms with Gasteiger partial charge >= 0.3 is 12.1 Å². The van der Waals surface area contributed by atoms with E-state index >= 15 is 0 Å². The van der Waals surface area contributed by atoms with Crippen LogP contribution >= 0.6 is 41.2 Å². The molecule has 14 heteroatoms. The van der Waals surface area contributed by atoms with Gasteiger partial charge < -0.3 is 31.1 Å². The molecule has 2 aliphatic heterocycles. The quantitative estimate of drug-likeness (QED) is 0.0448. The van der Waals surface area contributed by atoms with Crippen molar-refractivity contribution in [3.05, 3.63) is 0 Å². The predicted molar refractivity (Wildman–Crippen MR) is 199 cm³/mol. The summed E-state index contributed by atoms with van der Waals surface area (Å²) in [5.74, 6) is 2.68. The van der Waals surface area contributed by atoms with Crippen LogP contribution in [0.15, 0.2) is 0 Å². The lowest BCUT2D eigenvalue weighted by Gasteiger charge is -2.14. The van der Waals surface area contributed by atoms with Crippen LogP contribution in [0, 0.1) is 0 Å². The van der Waals surface area contributed by atoms with Crippen molar-refractivity contribution < 1.29 is 19.2 Å². The van der Waals surface area contributed by atoms with E-state index in [0.717, 1.165) is 38.8 Å². The standard InChI is InChI=1S/C32H60N6O4S4/c39-29(33-19-23-37-25-21-35-31(37)41)17-13-9-5-1-3-7-11-15-27-43-45-46-44-28-16-12-8-4-2-6-10-14-18-30(40)34-20-24-38-26-22-36-32(38)42/h1-28H2,(H,33,39)(H,34,40)(H,35,41)(H,36,42). The first-order chi connectivity index (χ1) is 22.6. The lowest BCUT2D eigenvalue weighted by atomic mass is 10.1. The molecule has 4 N–H and O–H groups in total. The summed E-state index contributed by atoms with van der Waals surface area (Å²) in [5, 5.41) is 11.4. The van der Waals surface area contributed by atoms with Crippen LogP contribution in [0.5, 0.6) is 0 Å². The Morgan fingerprint density at radius 3 is 1.24 bits per heavy atom. The van der Waals surface area contributed by atoms with Crippen LogP contribution in [0.4, 0.5) is 9.59 Å². The molecule has 0 saturated carbocycles. The van der Waals surface area contributed by atoms with E-state index in [4.69, 9.17) is 0 Å². The van der Waals surface area contributed by atoms with Gasteiger partial charge in [0.2, 0.25) is 11.8 Å². The van der Waals surface area contributed by atoms with Gasteiger partial charge in [-0.2, -0.15) is 0 Å². The molecule has 0 aliphatic carbocycles. The second-order valence-electron chi connectivity index (χ2n) is 12.1. The number of urea groups is 2. The number of nitrogens with one attached hydrogen (secondary N) is 4. The molecule has 0 atom stereocenters. The molecule has 0 aromatic carbocycles. The molecule has 6 amide bonds. The Hall–Kier alpha value is -1.12. The number of carbonyl (C=O) groups excluding carboxylic acids is 4. The van der Waals surface area contributed by atoms with Crippen molar-refractivity contribution in [3.8, 4) is 0 Å². The third kappa shape index (κ3) is 22.4. The van der Waals surface area contributed by atoms with Gasteiger partial charge in [-0.05, 0) is 45.3 Å². The number of nitrogens with zero attached hydrogens (tertiary/aromatic N) is 2. The molecule has 0 bridgehead atoms. The summed E-state index contributed by atoms with van der Waals surface area (Å²) in [4.78, 5) is 50.3. The highest BCUT2D eigenvalue weighted by Gasteiger charge is 2.19. The van der Waals surface area contributed by atoms with Gasteiger partial charge in [0.05, 0.1) is 0 Å². The van der Waals surface area contributed by atoms with Crippen LogP contribution in [0.3, 0.4) is 0 Å². The Morgan fingerprint density at radius 2 is 0.891 bits per heavy atom. The van der Waals surface area contributed by atoms with Crippen molar-refractivity contribution in [1.29, 1.82) is 0 Å². The summed E-state index contributed by atoms with van der Waals surface area (Å²) in [6.45, 7) is 5.12. The summed E-state index contributed by atoms with van der Waals surface area (Å²) in [6, 6.07) is -0.0572. The van der Waals surface area contributed by atoms with Crippen molar-refractivity contribution in [2.45, 2.75) is 116 Å². The van der Waals surface area contributed by atoms with E-state index < -0.39 is 0 Å². The van der Waals surface area contributed by atoms with Crippen LogP contribution in [0.25, 0.3) is 0 Å². The molecule has 2 fully saturated rings. The Morgan fingerprint density at radius 1 is 0.543 bits per heavy atom. The molecule has 0 aromatic heterocycles. The van der Waals surface area contributed by atoms with E-state index in [1.165, 1.54) is 88.6 Å². The smallest absolute Gasteiger partial charge is 0.317 e. The zero-order valence-corrected chi connectivity index (χ0v) is 31.2. The van der Waals surface area contributed by atoms with E-state index in [2.05, 4.69) is 21.3 Å². The van der Waals surface area contributed by atoms with E-state index in [1.54, 1.807) is 9.80 Å². The van der Waals surface area contributed by atoms with Crippen molar-refractivity contribution in [1.82, 2.24) is 31.1 Å². The van der Waals surface area contributed by atoms with Crippen molar-refractivity contribution in [2.75, 3.05) is 63.9 Å². The maximum atomic E-state index is 11.9. The van der Waals surface area contributed by atoms with Gasteiger partial charge in [-0.15, -0.1) is 0 Å². The fraction of sp³-hybridized carbons (Fsp3) is 0.875. The summed E-state index contributed by atoms with van der Waals surface area (Å²) in [6.07, 6.45) is 20.8. The van der Waals surface area contributed by atoms with Gasteiger partial charge in [-0.1, -0.05) is 98.6 Å². The normalized spacial score (nSPS) is 14.5. The van der Waals surface area contributed by atoms with Gasteiger partial charge in [0.25, 0.3) is 0 Å². The van der Waals surface area contributed by atoms with Crippen molar-refractivity contribution >= 4 is 65.1 Å². The van der Waals surface area contributed by atoms with E-state index in [1.807, 2.05) is 41.2 Å². The SMILES string of the molecule is O=C(CCCCCCCCCCSSSSCCCCCCCCCCC(=O)NCCN1CCNC1=O)NCCN1CCNC1=O. The molecule has 2 aliphatic rings. The first kappa shape index (κ1) is 41.1. The zero-order valence-electron chi connectivity index (χ0n) is 28.0. The Kier molecular flexibility index (Phi) is 25.7. The summed E-state index contributed by atoms with van der Waals surface area (Å²) in [7, 11) is 7.85. The Bertz CT molecular complexity index is 778. The average Bonchev–Trinajstić information content (AvgIpc) is 3.65. The van der Waals surface area contributed by atoms with E-state index in [0.29, 0.717) is 52.1 Å². The van der Waals surface area contributed by atoms with Gasteiger partial charge in [-0.25, -0.2) is 9.59 Å². The fourth-order valence-electron chi connectivity index (χ4n) is 5.41. The molecule has 46 heavy (non-hydrogen) atoms. The second-order valence-corrected chi connectivity index (χ2v) is 18.3. The van der Waals surface area contributed by atoms with Crippen LogP contribution in [-0.4, -0.2) is 97.5 Å². The minimum atomic E-state index is -0.0286. The van der Waals surface area contributed by atoms with Crippen LogP contribution in [-0.2, 0) is 9.59 Å². The predicted octanol–water partition coefficient (Wildman–Crippen LogP) is 6.97. The largest absolute Gasteiger partial charge is 0.354 e. The summed E-state index contributed by atoms with van der Waals surface area (Å²) >= 11 is 0. The molecule has 0 unspecified atom stereocenters. The number of unbranched alkanes of at least 4 members (excludes halogenated alkanes) is 14.